The largest absolute Gasteiger partial charge is 0.373 e. The van der Waals surface area contributed by atoms with E-state index in [4.69, 9.17) is 4.74 Å². The molecule has 1 N–H and O–H groups in total. The van der Waals surface area contributed by atoms with Gasteiger partial charge in [-0.15, -0.1) is 0 Å². The Morgan fingerprint density at radius 1 is 1.20 bits per heavy atom. The Balaban J connectivity index is 1.42. The van der Waals surface area contributed by atoms with Gasteiger partial charge in [-0.1, -0.05) is 30.3 Å². The number of benzene rings is 1. The van der Waals surface area contributed by atoms with Crippen LogP contribution in [0.15, 0.2) is 30.3 Å². The van der Waals surface area contributed by atoms with Gasteiger partial charge in [-0.25, -0.2) is 0 Å². The summed E-state index contributed by atoms with van der Waals surface area (Å²) in [6, 6.07) is 9.80. The summed E-state index contributed by atoms with van der Waals surface area (Å²) in [6.45, 7) is 3.47. The van der Waals surface area contributed by atoms with E-state index in [1.165, 1.54) is 5.56 Å². The molecule has 1 atom stereocenters. The molecule has 2 aliphatic heterocycles. The molecular formula is C19H27N3O3. The number of amides is 2. The van der Waals surface area contributed by atoms with Gasteiger partial charge < -0.3 is 15.0 Å². The van der Waals surface area contributed by atoms with Gasteiger partial charge >= 0.3 is 0 Å². The van der Waals surface area contributed by atoms with E-state index in [2.05, 4.69) is 17.4 Å². The molecule has 136 valence electrons. The van der Waals surface area contributed by atoms with E-state index in [1.807, 2.05) is 35.0 Å². The van der Waals surface area contributed by atoms with Gasteiger partial charge in [0.25, 0.3) is 0 Å². The first-order valence-corrected chi connectivity index (χ1v) is 9.05. The number of hydrogen-bond acceptors (Lipinski definition) is 4. The molecule has 0 aromatic heterocycles. The zero-order chi connectivity index (χ0) is 17.6. The van der Waals surface area contributed by atoms with Crippen molar-refractivity contribution in [2.24, 2.45) is 0 Å². The lowest BCUT2D eigenvalue weighted by molar-refractivity contribution is -0.140. The molecule has 6 nitrogen and oxygen atoms in total. The summed E-state index contributed by atoms with van der Waals surface area (Å²) in [7, 11) is 1.90. The van der Waals surface area contributed by atoms with E-state index in [-0.39, 0.29) is 30.4 Å². The fourth-order valence-electron chi connectivity index (χ4n) is 3.43. The molecule has 0 saturated carbocycles. The molecule has 0 spiro atoms. The number of likely N-dealkylation sites (N-methyl/N-ethyl adjacent to an activating group) is 1. The Hall–Kier alpha value is -1.92. The molecule has 6 heteroatoms. The zero-order valence-corrected chi connectivity index (χ0v) is 14.8. The minimum absolute atomic E-state index is 0.0387. The highest BCUT2D eigenvalue weighted by Crippen LogP contribution is 2.18. The van der Waals surface area contributed by atoms with Gasteiger partial charge in [0, 0.05) is 26.2 Å². The van der Waals surface area contributed by atoms with E-state index in [1.54, 1.807) is 0 Å². The quantitative estimate of drug-likeness (QED) is 0.865. The van der Waals surface area contributed by atoms with E-state index < -0.39 is 0 Å². The lowest BCUT2D eigenvalue weighted by Gasteiger charge is -2.35. The molecule has 2 saturated heterocycles. The van der Waals surface area contributed by atoms with Crippen molar-refractivity contribution >= 4 is 11.8 Å². The van der Waals surface area contributed by atoms with Gasteiger partial charge in [0.1, 0.15) is 0 Å². The standard InChI is InChI=1S/C19H27N3O3/c1-21-12-9-20-19(24)17(21)13-18(23)22-10-7-16(8-11-22)25-14-15-5-3-2-4-6-15/h2-6,16-17H,7-14H2,1H3,(H,20,24). The minimum atomic E-state index is -0.340. The van der Waals surface area contributed by atoms with Gasteiger partial charge in [-0.3, -0.25) is 14.5 Å². The molecule has 1 aromatic rings. The topological polar surface area (TPSA) is 61.9 Å². The van der Waals surface area contributed by atoms with Crippen LogP contribution in [-0.2, 0) is 20.9 Å². The van der Waals surface area contributed by atoms with Crippen LogP contribution in [0.5, 0.6) is 0 Å². The lowest BCUT2D eigenvalue weighted by atomic mass is 10.0. The predicted octanol–water partition coefficient (Wildman–Crippen LogP) is 1.01. The van der Waals surface area contributed by atoms with Crippen LogP contribution in [0.2, 0.25) is 0 Å². The number of piperidine rings is 1. The van der Waals surface area contributed by atoms with Crippen molar-refractivity contribution in [2.45, 2.75) is 38.0 Å². The first-order chi connectivity index (χ1) is 12.1. The average molecular weight is 345 g/mol. The monoisotopic (exact) mass is 345 g/mol. The van der Waals surface area contributed by atoms with Crippen LogP contribution in [0, 0.1) is 0 Å². The lowest BCUT2D eigenvalue weighted by Crippen LogP contribution is -2.55. The maximum absolute atomic E-state index is 12.5. The van der Waals surface area contributed by atoms with E-state index in [0.717, 1.165) is 19.4 Å². The molecule has 0 aliphatic carbocycles. The van der Waals surface area contributed by atoms with Crippen molar-refractivity contribution in [3.8, 4) is 0 Å². The van der Waals surface area contributed by atoms with Crippen molar-refractivity contribution in [2.75, 3.05) is 33.2 Å². The number of piperazine rings is 1. The molecule has 1 unspecified atom stereocenters. The second-order valence-electron chi connectivity index (χ2n) is 6.87. The summed E-state index contributed by atoms with van der Waals surface area (Å²) in [5.41, 5.74) is 1.17. The normalized spacial score (nSPS) is 22.7. The predicted molar refractivity (Wildman–Crippen MR) is 94.9 cm³/mol. The first-order valence-electron chi connectivity index (χ1n) is 9.05. The first kappa shape index (κ1) is 17.9. The summed E-state index contributed by atoms with van der Waals surface area (Å²) >= 11 is 0. The zero-order valence-electron chi connectivity index (χ0n) is 14.8. The average Bonchev–Trinajstić information content (AvgIpc) is 2.64. The molecular weight excluding hydrogens is 318 g/mol. The Kier molecular flexibility index (Phi) is 6.04. The molecule has 2 fully saturated rings. The number of hydrogen-bond donors (Lipinski definition) is 1. The highest BCUT2D eigenvalue weighted by atomic mass is 16.5. The molecule has 0 radical (unpaired) electrons. The molecule has 2 aliphatic rings. The van der Waals surface area contributed by atoms with Crippen LogP contribution in [0.4, 0.5) is 0 Å². The third-order valence-electron chi connectivity index (χ3n) is 5.09. The maximum atomic E-state index is 12.5. The van der Waals surface area contributed by atoms with Gasteiger partial charge in [0.15, 0.2) is 0 Å². The number of ether oxygens (including phenoxy) is 1. The maximum Gasteiger partial charge on any atom is 0.237 e. The molecule has 2 amide bonds. The van der Waals surface area contributed by atoms with E-state index >= 15 is 0 Å². The number of nitrogens with zero attached hydrogens (tertiary/aromatic N) is 2. The second kappa shape index (κ2) is 8.45. The van der Waals surface area contributed by atoms with Crippen molar-refractivity contribution in [1.29, 1.82) is 0 Å². The number of carbonyl (C=O) groups is 2. The van der Waals surface area contributed by atoms with E-state index in [0.29, 0.717) is 26.2 Å². The Morgan fingerprint density at radius 2 is 1.92 bits per heavy atom. The fraction of sp³-hybridized carbons (Fsp3) is 0.579. The van der Waals surface area contributed by atoms with Crippen molar-refractivity contribution in [3.63, 3.8) is 0 Å². The fourth-order valence-corrected chi connectivity index (χ4v) is 3.43. The van der Waals surface area contributed by atoms with Crippen LogP contribution in [-0.4, -0.2) is 67.0 Å². The van der Waals surface area contributed by atoms with Crippen LogP contribution in [0.3, 0.4) is 0 Å². The third-order valence-corrected chi connectivity index (χ3v) is 5.09. The van der Waals surface area contributed by atoms with Crippen LogP contribution >= 0.6 is 0 Å². The summed E-state index contributed by atoms with van der Waals surface area (Å²) in [5, 5.41) is 2.84. The number of nitrogens with one attached hydrogen (secondary N) is 1. The summed E-state index contributed by atoms with van der Waals surface area (Å²) in [4.78, 5) is 28.3. The third kappa shape index (κ3) is 4.80. The molecule has 1 aromatic carbocycles. The summed E-state index contributed by atoms with van der Waals surface area (Å²) in [5.74, 6) is 0.0265. The molecule has 2 heterocycles. The summed E-state index contributed by atoms with van der Waals surface area (Å²) in [6.07, 6.45) is 2.17. The van der Waals surface area contributed by atoms with Gasteiger partial charge in [-0.2, -0.15) is 0 Å². The number of carbonyl (C=O) groups excluding carboxylic acids is 2. The smallest absolute Gasteiger partial charge is 0.237 e. The number of likely N-dealkylation sites (tertiary alicyclic amines) is 1. The van der Waals surface area contributed by atoms with Gasteiger partial charge in [-0.05, 0) is 25.5 Å². The second-order valence-corrected chi connectivity index (χ2v) is 6.87. The summed E-state index contributed by atoms with van der Waals surface area (Å²) < 4.78 is 5.97. The number of rotatable bonds is 5. The van der Waals surface area contributed by atoms with Crippen molar-refractivity contribution in [3.05, 3.63) is 35.9 Å². The Morgan fingerprint density at radius 3 is 2.60 bits per heavy atom. The van der Waals surface area contributed by atoms with E-state index in [9.17, 15) is 9.59 Å². The Bertz CT molecular complexity index is 585. The highest BCUT2D eigenvalue weighted by molar-refractivity contribution is 5.88. The minimum Gasteiger partial charge on any atom is -0.373 e. The van der Waals surface area contributed by atoms with Crippen molar-refractivity contribution in [1.82, 2.24) is 15.1 Å². The van der Waals surface area contributed by atoms with Crippen LogP contribution in [0.25, 0.3) is 0 Å². The Labute approximate surface area is 149 Å². The van der Waals surface area contributed by atoms with Crippen molar-refractivity contribution < 1.29 is 14.3 Å². The SMILES string of the molecule is CN1CCNC(=O)C1CC(=O)N1CCC(OCc2ccccc2)CC1. The molecule has 25 heavy (non-hydrogen) atoms. The van der Waals surface area contributed by atoms with Crippen LogP contribution in [0.1, 0.15) is 24.8 Å². The van der Waals surface area contributed by atoms with Crippen LogP contribution < -0.4 is 5.32 Å². The van der Waals surface area contributed by atoms with Gasteiger partial charge in [0.2, 0.25) is 11.8 Å². The highest BCUT2D eigenvalue weighted by Gasteiger charge is 2.32. The molecule has 3 rings (SSSR count). The molecule has 0 bridgehead atoms. The van der Waals surface area contributed by atoms with Gasteiger partial charge in [0.05, 0.1) is 25.2 Å².